The van der Waals surface area contributed by atoms with E-state index in [9.17, 15) is 0 Å². The van der Waals surface area contributed by atoms with Gasteiger partial charge < -0.3 is 5.32 Å². The van der Waals surface area contributed by atoms with Crippen LogP contribution >= 0.6 is 0 Å². The predicted molar refractivity (Wildman–Crippen MR) is 52.8 cm³/mol. The first-order valence-corrected chi connectivity index (χ1v) is 3.58. The van der Waals surface area contributed by atoms with E-state index in [1.807, 2.05) is 27.9 Å². The highest BCUT2D eigenvalue weighted by Gasteiger charge is 1.25. The third kappa shape index (κ3) is 14900. The summed E-state index contributed by atoms with van der Waals surface area (Å²) in [5.41, 5.74) is 4.50. The summed E-state index contributed by atoms with van der Waals surface area (Å²) in [4.78, 5) is 0. The van der Waals surface area contributed by atoms with Crippen LogP contribution in [-0.4, -0.2) is 28.2 Å². The second kappa shape index (κ2) is 96.8. The molecule has 0 spiro atoms. The second-order valence-corrected chi connectivity index (χ2v) is 1.08. The van der Waals surface area contributed by atoms with Crippen molar-refractivity contribution in [2.75, 3.05) is 28.2 Å². The molecule has 0 amide bonds. The highest BCUT2D eigenvalue weighted by Crippen LogP contribution is 1.14. The van der Waals surface area contributed by atoms with Gasteiger partial charge >= 0.3 is 0 Å². The number of nitrogens with two attached hydrogens (primary N) is 2. The number of hydrogen-bond acceptors (Lipinski definition) is 5. The lowest BCUT2D eigenvalue weighted by Gasteiger charge is -1.62. The number of hydrazine groups is 2. The molecule has 0 rings (SSSR count). The minimum absolute atomic E-state index is 1.65. The lowest BCUT2D eigenvalue weighted by Crippen LogP contribution is -2.13. The SMILES string of the molecule is CC.CNC.CNN.CNN. The van der Waals surface area contributed by atoms with E-state index in [0.717, 1.165) is 0 Å². The molecule has 0 atom stereocenters. The van der Waals surface area contributed by atoms with Gasteiger partial charge in [-0.3, -0.25) is 22.5 Å². The van der Waals surface area contributed by atoms with Crippen molar-refractivity contribution in [3.63, 3.8) is 0 Å². The van der Waals surface area contributed by atoms with Crippen LogP contribution in [0.3, 0.4) is 0 Å². The molecule has 0 unspecified atom stereocenters. The summed E-state index contributed by atoms with van der Waals surface area (Å²) in [6.45, 7) is 4.00. The lowest BCUT2D eigenvalue weighted by atomic mass is 11.0. The van der Waals surface area contributed by atoms with Crippen LogP contribution in [0.2, 0.25) is 0 Å². The van der Waals surface area contributed by atoms with Crippen LogP contribution in [0.4, 0.5) is 0 Å². The lowest BCUT2D eigenvalue weighted by molar-refractivity contribution is 0.900. The first-order valence-electron chi connectivity index (χ1n) is 3.58. The summed E-state index contributed by atoms with van der Waals surface area (Å²) in [5, 5.41) is 2.75. The Morgan fingerprint density at radius 1 is 0.727 bits per heavy atom. The summed E-state index contributed by atoms with van der Waals surface area (Å²) < 4.78 is 0. The van der Waals surface area contributed by atoms with Gasteiger partial charge in [0.15, 0.2) is 0 Å². The Labute approximate surface area is 70.9 Å². The van der Waals surface area contributed by atoms with Crippen molar-refractivity contribution < 1.29 is 0 Å². The second-order valence-electron chi connectivity index (χ2n) is 1.08. The van der Waals surface area contributed by atoms with E-state index in [0.29, 0.717) is 0 Å². The van der Waals surface area contributed by atoms with Crippen molar-refractivity contribution in [2.24, 2.45) is 11.7 Å². The summed E-state index contributed by atoms with van der Waals surface area (Å²) in [6.07, 6.45) is 0. The van der Waals surface area contributed by atoms with Crippen molar-refractivity contribution in [3.05, 3.63) is 0 Å². The van der Waals surface area contributed by atoms with Gasteiger partial charge in [-0.05, 0) is 28.2 Å². The standard InChI is InChI=1S/C2H7N.C2H6.2CH6N2/c1-3-2;1-2;2*1-3-2/h3H,1-2H3;1-2H3;2*3H,2H2,1H3. The largest absolute Gasteiger partial charge is 0.323 e. The predicted octanol–water partition coefficient (Wildman–Crippen LogP) is -0.979. The van der Waals surface area contributed by atoms with Gasteiger partial charge in [0.2, 0.25) is 0 Å². The van der Waals surface area contributed by atoms with E-state index in [1.54, 1.807) is 14.1 Å². The first kappa shape index (κ1) is 22.4. The van der Waals surface area contributed by atoms with Crippen LogP contribution in [0.1, 0.15) is 13.8 Å². The molecule has 0 bridgehead atoms. The normalized spacial score (nSPS) is 5.45. The average Bonchev–Trinajstić information content (AvgIpc) is 1.96. The van der Waals surface area contributed by atoms with Gasteiger partial charge in [0, 0.05) is 0 Å². The Balaban J connectivity index is -0.0000000301. The zero-order chi connectivity index (χ0) is 10.1. The van der Waals surface area contributed by atoms with Crippen molar-refractivity contribution >= 4 is 0 Å². The minimum atomic E-state index is 1.65. The van der Waals surface area contributed by atoms with Gasteiger partial charge in [0.25, 0.3) is 0 Å². The zero-order valence-corrected chi connectivity index (χ0v) is 8.65. The molecular weight excluding hydrogens is 142 g/mol. The fourth-order valence-electron chi connectivity index (χ4n) is 0. The summed E-state index contributed by atoms with van der Waals surface area (Å²) in [7, 11) is 7.06. The molecular formula is C6H25N5. The molecule has 5 nitrogen and oxygen atoms in total. The van der Waals surface area contributed by atoms with Gasteiger partial charge in [-0.1, -0.05) is 13.8 Å². The quantitative estimate of drug-likeness (QED) is 0.236. The molecule has 0 aliphatic rings. The highest BCUT2D eigenvalue weighted by atomic mass is 15.2. The molecule has 0 radical (unpaired) electrons. The van der Waals surface area contributed by atoms with Gasteiger partial charge in [-0.25, -0.2) is 0 Å². The molecule has 0 aromatic rings. The van der Waals surface area contributed by atoms with Gasteiger partial charge in [0.1, 0.15) is 0 Å². The van der Waals surface area contributed by atoms with E-state index in [1.165, 1.54) is 0 Å². The maximum Gasteiger partial charge on any atom is -0.00172 e. The summed E-state index contributed by atoms with van der Waals surface area (Å²) in [6, 6.07) is 0. The van der Waals surface area contributed by atoms with E-state index in [2.05, 4.69) is 27.9 Å². The Bertz CT molecular complexity index is 15.7. The minimum Gasteiger partial charge on any atom is -0.323 e. The molecule has 0 aromatic carbocycles. The van der Waals surface area contributed by atoms with Crippen LogP contribution in [0.25, 0.3) is 0 Å². The van der Waals surface area contributed by atoms with Crippen molar-refractivity contribution in [3.8, 4) is 0 Å². The molecule has 0 saturated heterocycles. The molecule has 0 aliphatic carbocycles. The summed E-state index contributed by atoms with van der Waals surface area (Å²) in [5.74, 6) is 9.19. The zero-order valence-electron chi connectivity index (χ0n) is 8.65. The van der Waals surface area contributed by atoms with Gasteiger partial charge in [-0.15, -0.1) is 0 Å². The van der Waals surface area contributed by atoms with E-state index < -0.39 is 0 Å². The third-order valence-corrected chi connectivity index (χ3v) is 0. The third-order valence-electron chi connectivity index (χ3n) is 0. The van der Waals surface area contributed by atoms with Crippen LogP contribution in [0.15, 0.2) is 0 Å². The Kier molecular flexibility index (Phi) is 197. The first-order chi connectivity index (χ1) is 5.24. The molecule has 7 N–H and O–H groups in total. The van der Waals surface area contributed by atoms with Crippen LogP contribution < -0.4 is 27.9 Å². The van der Waals surface area contributed by atoms with E-state index in [-0.39, 0.29) is 0 Å². The highest BCUT2D eigenvalue weighted by molar-refractivity contribution is 3.91. The molecule has 0 heterocycles. The number of nitrogens with one attached hydrogen (secondary N) is 3. The number of rotatable bonds is 0. The number of hydrogen-bond donors (Lipinski definition) is 5. The maximum atomic E-state index is 4.60. The van der Waals surface area contributed by atoms with Crippen molar-refractivity contribution in [1.29, 1.82) is 0 Å². The smallest absolute Gasteiger partial charge is 0.00172 e. The maximum absolute atomic E-state index is 4.60. The van der Waals surface area contributed by atoms with Crippen molar-refractivity contribution in [2.45, 2.75) is 13.8 Å². The molecule has 0 aliphatic heterocycles. The Morgan fingerprint density at radius 2 is 0.727 bits per heavy atom. The molecule has 0 aromatic heterocycles. The molecule has 11 heavy (non-hydrogen) atoms. The van der Waals surface area contributed by atoms with E-state index in [4.69, 9.17) is 0 Å². The molecule has 5 heteroatoms. The fraction of sp³-hybridized carbons (Fsp3) is 1.00. The van der Waals surface area contributed by atoms with Crippen LogP contribution in [0, 0.1) is 0 Å². The molecule has 0 saturated carbocycles. The molecule has 74 valence electrons. The topological polar surface area (TPSA) is 88.1 Å². The van der Waals surface area contributed by atoms with Gasteiger partial charge in [0.05, 0.1) is 0 Å². The Morgan fingerprint density at radius 3 is 0.727 bits per heavy atom. The van der Waals surface area contributed by atoms with Crippen LogP contribution in [-0.2, 0) is 0 Å². The molecule has 0 fully saturated rings. The van der Waals surface area contributed by atoms with Crippen molar-refractivity contribution in [1.82, 2.24) is 16.2 Å². The average molecular weight is 167 g/mol. The Hall–Kier alpha value is -0.200. The van der Waals surface area contributed by atoms with E-state index >= 15 is 0 Å². The van der Waals surface area contributed by atoms with Gasteiger partial charge in [-0.2, -0.15) is 0 Å². The fourth-order valence-corrected chi connectivity index (χ4v) is 0. The monoisotopic (exact) mass is 167 g/mol. The van der Waals surface area contributed by atoms with Crippen LogP contribution in [0.5, 0.6) is 0 Å². The summed E-state index contributed by atoms with van der Waals surface area (Å²) >= 11 is 0.